The van der Waals surface area contributed by atoms with Crippen LogP contribution >= 0.6 is 0 Å². The quantitative estimate of drug-likeness (QED) is 0.706. The monoisotopic (exact) mass is 239 g/mol. The van der Waals surface area contributed by atoms with Gasteiger partial charge in [0.15, 0.2) is 0 Å². The van der Waals surface area contributed by atoms with Gasteiger partial charge in [0.1, 0.15) is 0 Å². The predicted octanol–water partition coefficient (Wildman–Crippen LogP) is 2.59. The second-order valence-electron chi connectivity index (χ2n) is 5.83. The van der Waals surface area contributed by atoms with Crippen molar-refractivity contribution < 1.29 is 9.53 Å². The standard InChI is InChI=1S/C14H25NO2/c1-15(12-7-4-3-5-8-12)11-14(9-6-10-14)13(16)17-2/h12H,3-11H2,1-2H3. The number of rotatable bonds is 4. The van der Waals surface area contributed by atoms with Crippen LogP contribution in [0.1, 0.15) is 51.4 Å². The van der Waals surface area contributed by atoms with Crippen molar-refractivity contribution in [3.05, 3.63) is 0 Å². The normalized spacial score (nSPS) is 24.4. The zero-order valence-corrected chi connectivity index (χ0v) is 11.2. The van der Waals surface area contributed by atoms with Crippen molar-refractivity contribution in [2.75, 3.05) is 20.7 Å². The topological polar surface area (TPSA) is 29.5 Å². The minimum absolute atomic E-state index is 0.00593. The highest BCUT2D eigenvalue weighted by atomic mass is 16.5. The summed E-state index contributed by atoms with van der Waals surface area (Å²) in [6.07, 6.45) is 9.87. The van der Waals surface area contributed by atoms with Gasteiger partial charge in [0.25, 0.3) is 0 Å². The summed E-state index contributed by atoms with van der Waals surface area (Å²) in [7, 11) is 3.70. The number of hydrogen-bond donors (Lipinski definition) is 0. The lowest BCUT2D eigenvalue weighted by molar-refractivity contribution is -0.160. The van der Waals surface area contributed by atoms with Crippen LogP contribution in [0.2, 0.25) is 0 Å². The summed E-state index contributed by atoms with van der Waals surface area (Å²) in [6.45, 7) is 0.893. The molecule has 3 nitrogen and oxygen atoms in total. The first-order valence-electron chi connectivity index (χ1n) is 6.97. The Morgan fingerprint density at radius 2 is 1.88 bits per heavy atom. The average Bonchev–Trinajstić information content (AvgIpc) is 2.33. The minimum Gasteiger partial charge on any atom is -0.469 e. The zero-order chi connectivity index (χ0) is 12.3. The van der Waals surface area contributed by atoms with Crippen LogP contribution in [0.4, 0.5) is 0 Å². The van der Waals surface area contributed by atoms with Gasteiger partial charge in [0, 0.05) is 12.6 Å². The summed E-state index contributed by atoms with van der Waals surface area (Å²) in [4.78, 5) is 14.3. The van der Waals surface area contributed by atoms with Crippen LogP contribution in [0.25, 0.3) is 0 Å². The number of hydrogen-bond acceptors (Lipinski definition) is 3. The van der Waals surface area contributed by atoms with E-state index in [4.69, 9.17) is 4.74 Å². The maximum atomic E-state index is 11.9. The Balaban J connectivity index is 1.91. The molecular weight excluding hydrogens is 214 g/mol. The van der Waals surface area contributed by atoms with Gasteiger partial charge < -0.3 is 9.64 Å². The molecule has 0 aromatic carbocycles. The molecule has 3 heteroatoms. The molecule has 2 fully saturated rings. The number of nitrogens with zero attached hydrogens (tertiary/aromatic N) is 1. The molecule has 0 heterocycles. The lowest BCUT2D eigenvalue weighted by Gasteiger charge is -2.44. The second-order valence-corrected chi connectivity index (χ2v) is 5.83. The first kappa shape index (κ1) is 12.9. The third-order valence-electron chi connectivity index (χ3n) is 4.68. The van der Waals surface area contributed by atoms with Gasteiger partial charge >= 0.3 is 5.97 Å². The Morgan fingerprint density at radius 3 is 2.35 bits per heavy atom. The van der Waals surface area contributed by atoms with Crippen molar-refractivity contribution in [1.29, 1.82) is 0 Å². The van der Waals surface area contributed by atoms with E-state index in [0.29, 0.717) is 6.04 Å². The van der Waals surface area contributed by atoms with E-state index in [-0.39, 0.29) is 11.4 Å². The van der Waals surface area contributed by atoms with E-state index >= 15 is 0 Å². The summed E-state index contributed by atoms with van der Waals surface area (Å²) in [5.74, 6) is 0.00593. The predicted molar refractivity (Wildman–Crippen MR) is 67.8 cm³/mol. The van der Waals surface area contributed by atoms with Crippen molar-refractivity contribution in [2.45, 2.75) is 57.4 Å². The van der Waals surface area contributed by atoms with Gasteiger partial charge in [-0.1, -0.05) is 25.7 Å². The molecule has 2 aliphatic carbocycles. The largest absolute Gasteiger partial charge is 0.469 e. The van der Waals surface area contributed by atoms with Crippen molar-refractivity contribution in [3.8, 4) is 0 Å². The molecule has 0 saturated heterocycles. The molecule has 2 rings (SSSR count). The molecule has 2 aliphatic rings. The maximum Gasteiger partial charge on any atom is 0.313 e. The smallest absolute Gasteiger partial charge is 0.313 e. The first-order valence-corrected chi connectivity index (χ1v) is 6.97. The molecule has 0 radical (unpaired) electrons. The highest BCUT2D eigenvalue weighted by Crippen LogP contribution is 2.43. The third-order valence-corrected chi connectivity index (χ3v) is 4.68. The molecule has 0 aromatic rings. The molecule has 0 amide bonds. The van der Waals surface area contributed by atoms with E-state index < -0.39 is 0 Å². The van der Waals surface area contributed by atoms with Crippen molar-refractivity contribution in [3.63, 3.8) is 0 Å². The molecule has 0 bridgehead atoms. The van der Waals surface area contributed by atoms with E-state index in [1.54, 1.807) is 0 Å². The molecule has 2 saturated carbocycles. The number of esters is 1. The Kier molecular flexibility index (Phi) is 4.08. The van der Waals surface area contributed by atoms with Gasteiger partial charge in [0.05, 0.1) is 12.5 Å². The van der Waals surface area contributed by atoms with Crippen LogP contribution in [0.5, 0.6) is 0 Å². The van der Waals surface area contributed by atoms with Crippen molar-refractivity contribution in [2.24, 2.45) is 5.41 Å². The fourth-order valence-electron chi connectivity index (χ4n) is 3.38. The molecule has 0 aliphatic heterocycles. The molecule has 0 atom stereocenters. The summed E-state index contributed by atoms with van der Waals surface area (Å²) >= 11 is 0. The van der Waals surface area contributed by atoms with Gasteiger partial charge in [-0.3, -0.25) is 4.79 Å². The van der Waals surface area contributed by atoms with E-state index in [2.05, 4.69) is 11.9 Å². The van der Waals surface area contributed by atoms with Gasteiger partial charge in [-0.05, 0) is 32.7 Å². The van der Waals surface area contributed by atoms with Crippen LogP contribution in [0.15, 0.2) is 0 Å². The van der Waals surface area contributed by atoms with Crippen LogP contribution in [0.3, 0.4) is 0 Å². The van der Waals surface area contributed by atoms with Crippen LogP contribution < -0.4 is 0 Å². The van der Waals surface area contributed by atoms with Gasteiger partial charge in [-0.25, -0.2) is 0 Å². The first-order chi connectivity index (χ1) is 8.18. The maximum absolute atomic E-state index is 11.9. The SMILES string of the molecule is COC(=O)C1(CN(C)C2CCCCC2)CCC1. The zero-order valence-electron chi connectivity index (χ0n) is 11.2. The van der Waals surface area contributed by atoms with E-state index in [1.807, 2.05) is 0 Å². The van der Waals surface area contributed by atoms with Crippen molar-refractivity contribution >= 4 is 5.97 Å². The molecule has 98 valence electrons. The highest BCUT2D eigenvalue weighted by molar-refractivity contribution is 5.78. The lowest BCUT2D eigenvalue weighted by Crippen LogP contribution is -2.50. The third kappa shape index (κ3) is 2.65. The summed E-state index contributed by atoms with van der Waals surface area (Å²) in [6, 6.07) is 0.686. The fourth-order valence-corrected chi connectivity index (χ4v) is 3.38. The molecule has 0 aromatic heterocycles. The number of methoxy groups -OCH3 is 1. The van der Waals surface area contributed by atoms with Gasteiger partial charge in [0.2, 0.25) is 0 Å². The summed E-state index contributed by atoms with van der Waals surface area (Å²) in [5.41, 5.74) is -0.180. The van der Waals surface area contributed by atoms with E-state index in [1.165, 1.54) is 45.6 Å². The Bertz CT molecular complexity index is 267. The minimum atomic E-state index is -0.180. The van der Waals surface area contributed by atoms with Crippen LogP contribution in [-0.2, 0) is 9.53 Å². The van der Waals surface area contributed by atoms with Gasteiger partial charge in [-0.15, -0.1) is 0 Å². The molecule has 17 heavy (non-hydrogen) atoms. The fraction of sp³-hybridized carbons (Fsp3) is 0.929. The molecule has 0 spiro atoms. The van der Waals surface area contributed by atoms with E-state index in [0.717, 1.165) is 19.4 Å². The number of ether oxygens (including phenoxy) is 1. The summed E-state index contributed by atoms with van der Waals surface area (Å²) < 4.78 is 4.98. The molecule has 0 unspecified atom stereocenters. The highest BCUT2D eigenvalue weighted by Gasteiger charge is 2.46. The second kappa shape index (κ2) is 5.38. The van der Waals surface area contributed by atoms with Gasteiger partial charge in [-0.2, -0.15) is 0 Å². The lowest BCUT2D eigenvalue weighted by atomic mass is 9.68. The van der Waals surface area contributed by atoms with Crippen LogP contribution in [0, 0.1) is 5.41 Å². The molecule has 0 N–H and O–H groups in total. The Morgan fingerprint density at radius 1 is 1.24 bits per heavy atom. The average molecular weight is 239 g/mol. The van der Waals surface area contributed by atoms with Crippen LogP contribution in [-0.4, -0.2) is 37.6 Å². The van der Waals surface area contributed by atoms with E-state index in [9.17, 15) is 4.79 Å². The summed E-state index contributed by atoms with van der Waals surface area (Å²) in [5, 5.41) is 0. The molecular formula is C14H25NO2. The number of carbonyl (C=O) groups excluding carboxylic acids is 1. The Labute approximate surface area is 105 Å². The number of carbonyl (C=O) groups is 1. The Hall–Kier alpha value is -0.570. The van der Waals surface area contributed by atoms with Crippen molar-refractivity contribution in [1.82, 2.24) is 4.90 Å².